The number of carbonyl (C=O) groups excluding carboxylic acids is 3. The number of carbonyl (C=O) groups is 4. The number of phenols is 1. The molecule has 2 rings (SSSR count). The summed E-state index contributed by atoms with van der Waals surface area (Å²) in [5.74, 6) is -2.86. The number of aliphatic hydroxyl groups excluding tert-OH is 1. The van der Waals surface area contributed by atoms with E-state index in [9.17, 15) is 34.5 Å². The second-order valence-electron chi connectivity index (χ2n) is 8.65. The maximum atomic E-state index is 13.0. The third-order valence-corrected chi connectivity index (χ3v) is 6.33. The molecule has 0 saturated carbocycles. The van der Waals surface area contributed by atoms with E-state index in [1.807, 2.05) is 6.26 Å². The van der Waals surface area contributed by atoms with Gasteiger partial charge >= 0.3 is 5.97 Å². The van der Waals surface area contributed by atoms with Gasteiger partial charge in [-0.15, -0.1) is 0 Å². The second kappa shape index (κ2) is 15.6. The highest BCUT2D eigenvalue weighted by molar-refractivity contribution is 7.98. The number of thioether (sulfide) groups is 1. The molecule has 0 spiro atoms. The maximum Gasteiger partial charge on any atom is 0.326 e. The Labute approximate surface area is 225 Å². The van der Waals surface area contributed by atoms with Crippen LogP contribution < -0.4 is 21.7 Å². The number of carboxylic acids is 1. The lowest BCUT2D eigenvalue weighted by Crippen LogP contribution is -2.58. The minimum atomic E-state index is -1.38. The van der Waals surface area contributed by atoms with Gasteiger partial charge in [-0.25, -0.2) is 4.79 Å². The van der Waals surface area contributed by atoms with Crippen LogP contribution in [0.3, 0.4) is 0 Å². The van der Waals surface area contributed by atoms with Crippen molar-refractivity contribution >= 4 is 35.5 Å². The fourth-order valence-corrected chi connectivity index (χ4v) is 4.02. The third kappa shape index (κ3) is 10.0. The molecule has 0 aromatic heterocycles. The molecule has 11 nitrogen and oxygen atoms in total. The molecule has 0 aliphatic carbocycles. The predicted octanol–water partition coefficient (Wildman–Crippen LogP) is -0.211. The van der Waals surface area contributed by atoms with Crippen LogP contribution in [0.2, 0.25) is 0 Å². The van der Waals surface area contributed by atoms with Crippen molar-refractivity contribution in [2.75, 3.05) is 18.6 Å². The van der Waals surface area contributed by atoms with Gasteiger partial charge in [0.15, 0.2) is 0 Å². The van der Waals surface area contributed by atoms with Gasteiger partial charge in [-0.05, 0) is 48.1 Å². The van der Waals surface area contributed by atoms with E-state index in [2.05, 4.69) is 16.0 Å². The minimum absolute atomic E-state index is 0.0549. The molecule has 0 fully saturated rings. The second-order valence-corrected chi connectivity index (χ2v) is 9.64. The molecule has 0 radical (unpaired) electrons. The summed E-state index contributed by atoms with van der Waals surface area (Å²) in [5.41, 5.74) is 7.35. The van der Waals surface area contributed by atoms with Gasteiger partial charge in [-0.1, -0.05) is 42.5 Å². The van der Waals surface area contributed by atoms with E-state index in [0.29, 0.717) is 11.3 Å². The molecule has 2 aromatic rings. The molecule has 206 valence electrons. The molecule has 4 unspecified atom stereocenters. The van der Waals surface area contributed by atoms with Crippen molar-refractivity contribution in [1.29, 1.82) is 0 Å². The van der Waals surface area contributed by atoms with Crippen LogP contribution in [-0.2, 0) is 32.0 Å². The number of hydrogen-bond acceptors (Lipinski definition) is 8. The van der Waals surface area contributed by atoms with Crippen LogP contribution in [0, 0.1) is 0 Å². The number of nitrogens with one attached hydrogen (secondary N) is 3. The summed E-state index contributed by atoms with van der Waals surface area (Å²) < 4.78 is 0. The lowest BCUT2D eigenvalue weighted by molar-refractivity contribution is -0.142. The lowest BCUT2D eigenvalue weighted by Gasteiger charge is -2.24. The molecule has 0 saturated heterocycles. The summed E-state index contributed by atoms with van der Waals surface area (Å²) in [7, 11) is 0. The monoisotopic (exact) mass is 546 g/mol. The Balaban J connectivity index is 2.02. The molecule has 4 atom stereocenters. The first-order valence-electron chi connectivity index (χ1n) is 12.0. The lowest BCUT2D eigenvalue weighted by atomic mass is 10.0. The number of rotatable bonds is 15. The van der Waals surface area contributed by atoms with Crippen molar-refractivity contribution in [3.63, 3.8) is 0 Å². The van der Waals surface area contributed by atoms with Gasteiger partial charge in [0, 0.05) is 6.42 Å². The van der Waals surface area contributed by atoms with Crippen LogP contribution in [0.25, 0.3) is 0 Å². The summed E-state index contributed by atoms with van der Waals surface area (Å²) in [4.78, 5) is 50.2. The van der Waals surface area contributed by atoms with Crippen LogP contribution in [0.1, 0.15) is 17.5 Å². The van der Waals surface area contributed by atoms with E-state index >= 15 is 0 Å². The standard InChI is InChI=1S/C26H34N4O7S/c1-38-12-11-20(24(34)29-21(26(36)37)14-16-5-3-2-4-6-16)28-25(35)22(15-31)30-23(33)19(27)13-17-7-9-18(32)10-8-17/h2-10,19-22,31-32H,11-15,27H2,1H3,(H,28,35)(H,29,34)(H,30,33)(H,36,37). The topological polar surface area (TPSA) is 191 Å². The number of carboxylic acid groups (broad SMARTS) is 1. The fraction of sp³-hybridized carbons (Fsp3) is 0.385. The molecule has 12 heteroatoms. The van der Waals surface area contributed by atoms with Gasteiger partial charge in [-0.2, -0.15) is 11.8 Å². The highest BCUT2D eigenvalue weighted by Crippen LogP contribution is 2.11. The van der Waals surface area contributed by atoms with Crippen LogP contribution in [-0.4, -0.2) is 81.8 Å². The Bertz CT molecular complexity index is 1070. The van der Waals surface area contributed by atoms with Crippen LogP contribution in [0.15, 0.2) is 54.6 Å². The number of hydrogen-bond donors (Lipinski definition) is 7. The zero-order valence-corrected chi connectivity index (χ0v) is 21.8. The van der Waals surface area contributed by atoms with Gasteiger partial charge < -0.3 is 37.0 Å². The van der Waals surface area contributed by atoms with E-state index in [0.717, 1.165) is 5.56 Å². The van der Waals surface area contributed by atoms with Gasteiger partial charge in [0.1, 0.15) is 23.9 Å². The van der Waals surface area contributed by atoms with Crippen LogP contribution >= 0.6 is 11.8 Å². The van der Waals surface area contributed by atoms with E-state index in [1.165, 1.54) is 23.9 Å². The van der Waals surface area contributed by atoms with Gasteiger partial charge in [-0.3, -0.25) is 14.4 Å². The zero-order chi connectivity index (χ0) is 28.1. The van der Waals surface area contributed by atoms with Crippen molar-refractivity contribution < 1.29 is 34.5 Å². The molecular formula is C26H34N4O7S. The average Bonchev–Trinajstić information content (AvgIpc) is 2.90. The fourth-order valence-electron chi connectivity index (χ4n) is 3.55. The van der Waals surface area contributed by atoms with Crippen LogP contribution in [0.5, 0.6) is 5.75 Å². The largest absolute Gasteiger partial charge is 0.508 e. The zero-order valence-electron chi connectivity index (χ0n) is 21.0. The average molecular weight is 547 g/mol. The molecule has 0 bridgehead atoms. The van der Waals surface area contributed by atoms with E-state index in [1.54, 1.807) is 42.5 Å². The quantitative estimate of drug-likeness (QED) is 0.158. The van der Waals surface area contributed by atoms with Crippen molar-refractivity contribution in [3.8, 4) is 5.75 Å². The Kier molecular flexibility index (Phi) is 12.6. The number of benzene rings is 2. The van der Waals surface area contributed by atoms with Crippen LogP contribution in [0.4, 0.5) is 0 Å². The highest BCUT2D eigenvalue weighted by Gasteiger charge is 2.30. The molecule has 0 aliphatic heterocycles. The van der Waals surface area contributed by atoms with E-state index in [4.69, 9.17) is 5.73 Å². The molecular weight excluding hydrogens is 512 g/mol. The number of phenolic OH excluding ortho intramolecular Hbond substituents is 1. The molecule has 8 N–H and O–H groups in total. The number of aromatic hydroxyl groups is 1. The normalized spacial score (nSPS) is 14.0. The molecule has 0 aliphatic rings. The molecule has 3 amide bonds. The third-order valence-electron chi connectivity index (χ3n) is 5.69. The first kappa shape index (κ1) is 30.6. The summed E-state index contributed by atoms with van der Waals surface area (Å²) in [5, 5.41) is 36.1. The molecule has 0 heterocycles. The Morgan fingerprint density at radius 1 is 0.816 bits per heavy atom. The SMILES string of the molecule is CSCCC(NC(=O)C(CO)NC(=O)C(N)Cc1ccc(O)cc1)C(=O)NC(Cc1ccccc1)C(=O)O. The first-order chi connectivity index (χ1) is 18.1. The summed E-state index contributed by atoms with van der Waals surface area (Å²) in [6, 6.07) is 10.2. The highest BCUT2D eigenvalue weighted by atomic mass is 32.2. The first-order valence-corrected chi connectivity index (χ1v) is 13.3. The Hall–Kier alpha value is -3.61. The number of amides is 3. The summed E-state index contributed by atoms with van der Waals surface area (Å²) >= 11 is 1.43. The number of aliphatic hydroxyl groups is 1. The van der Waals surface area contributed by atoms with Crippen molar-refractivity contribution in [3.05, 3.63) is 65.7 Å². The maximum absolute atomic E-state index is 13.0. The number of aliphatic carboxylic acids is 1. The Morgan fingerprint density at radius 2 is 1.37 bits per heavy atom. The minimum Gasteiger partial charge on any atom is -0.508 e. The van der Waals surface area contributed by atoms with Gasteiger partial charge in [0.2, 0.25) is 17.7 Å². The Morgan fingerprint density at radius 3 is 1.95 bits per heavy atom. The van der Waals surface area contributed by atoms with Crippen molar-refractivity contribution in [2.24, 2.45) is 5.73 Å². The van der Waals surface area contributed by atoms with Crippen molar-refractivity contribution in [2.45, 2.75) is 43.4 Å². The summed E-state index contributed by atoms with van der Waals surface area (Å²) in [6.07, 6.45) is 2.20. The summed E-state index contributed by atoms with van der Waals surface area (Å²) in [6.45, 7) is -0.744. The van der Waals surface area contributed by atoms with Gasteiger partial charge in [0.25, 0.3) is 0 Å². The van der Waals surface area contributed by atoms with Gasteiger partial charge in [0.05, 0.1) is 12.6 Å². The molecule has 2 aromatic carbocycles. The van der Waals surface area contributed by atoms with E-state index < -0.39 is 54.5 Å². The molecule has 38 heavy (non-hydrogen) atoms. The smallest absolute Gasteiger partial charge is 0.326 e. The predicted molar refractivity (Wildman–Crippen MR) is 143 cm³/mol. The van der Waals surface area contributed by atoms with Crippen molar-refractivity contribution in [1.82, 2.24) is 16.0 Å². The number of nitrogens with two attached hydrogens (primary N) is 1. The van der Waals surface area contributed by atoms with E-state index in [-0.39, 0.29) is 25.0 Å².